The van der Waals surface area contributed by atoms with Crippen molar-refractivity contribution in [2.45, 2.75) is 57.4 Å². The Balaban J connectivity index is 2.02. The van der Waals surface area contributed by atoms with Gasteiger partial charge >= 0.3 is 0 Å². The molecule has 2 aliphatic rings. The van der Waals surface area contributed by atoms with Crippen molar-refractivity contribution in [3.8, 4) is 0 Å². The fourth-order valence-corrected chi connectivity index (χ4v) is 4.96. The Morgan fingerprint density at radius 1 is 1.26 bits per heavy atom. The Hall–Kier alpha value is -0.170. The summed E-state index contributed by atoms with van der Waals surface area (Å²) in [6.07, 6.45) is 7.01. The van der Waals surface area contributed by atoms with Gasteiger partial charge in [-0.1, -0.05) is 13.3 Å². The highest BCUT2D eigenvalue weighted by atomic mass is 32.2. The van der Waals surface area contributed by atoms with Crippen LogP contribution in [0.1, 0.15) is 51.9 Å². The van der Waals surface area contributed by atoms with Gasteiger partial charge in [0, 0.05) is 25.2 Å². The van der Waals surface area contributed by atoms with Crippen LogP contribution in [0, 0.1) is 5.92 Å². The molecular weight excluding hydrogens is 262 g/mol. The van der Waals surface area contributed by atoms with Crippen molar-refractivity contribution < 1.29 is 8.42 Å². The van der Waals surface area contributed by atoms with Gasteiger partial charge in [0.2, 0.25) is 0 Å². The second kappa shape index (κ2) is 6.08. The first-order valence-corrected chi connectivity index (χ1v) is 8.94. The normalized spacial score (nSPS) is 33.7. The van der Waals surface area contributed by atoms with Gasteiger partial charge in [-0.2, -0.15) is 17.4 Å². The van der Waals surface area contributed by atoms with Gasteiger partial charge in [-0.25, -0.2) is 0 Å². The predicted octanol–water partition coefficient (Wildman–Crippen LogP) is 1.21. The molecule has 1 heterocycles. The summed E-state index contributed by atoms with van der Waals surface area (Å²) < 4.78 is 29.2. The third-order valence-electron chi connectivity index (χ3n) is 4.78. The summed E-state index contributed by atoms with van der Waals surface area (Å²) in [4.78, 5) is 0. The number of nitrogens with two attached hydrogens (primary N) is 1. The predicted molar refractivity (Wildman–Crippen MR) is 76.9 cm³/mol. The van der Waals surface area contributed by atoms with Crippen molar-refractivity contribution in [3.63, 3.8) is 0 Å². The zero-order valence-electron chi connectivity index (χ0n) is 11.9. The Labute approximate surface area is 117 Å². The van der Waals surface area contributed by atoms with E-state index in [9.17, 15) is 8.42 Å². The third-order valence-corrected chi connectivity index (χ3v) is 6.52. The molecule has 1 saturated carbocycles. The van der Waals surface area contributed by atoms with Gasteiger partial charge in [-0.15, -0.1) is 0 Å². The van der Waals surface area contributed by atoms with Gasteiger partial charge < -0.3 is 5.73 Å². The van der Waals surface area contributed by atoms with Crippen LogP contribution in [0.5, 0.6) is 0 Å². The van der Waals surface area contributed by atoms with Gasteiger partial charge in [0.05, 0.1) is 0 Å². The van der Waals surface area contributed by atoms with E-state index >= 15 is 0 Å². The van der Waals surface area contributed by atoms with Crippen molar-refractivity contribution in [3.05, 3.63) is 0 Å². The van der Waals surface area contributed by atoms with Crippen LogP contribution in [-0.4, -0.2) is 37.9 Å². The molecule has 1 aliphatic carbocycles. The molecule has 0 bridgehead atoms. The van der Waals surface area contributed by atoms with Crippen molar-refractivity contribution >= 4 is 10.2 Å². The molecule has 112 valence electrons. The molecule has 2 fully saturated rings. The molecule has 0 atom stereocenters. The maximum atomic E-state index is 12.4. The summed E-state index contributed by atoms with van der Waals surface area (Å²) in [5.41, 5.74) is 5.48. The average Bonchev–Trinajstić information content (AvgIpc) is 2.94. The standard InChI is InChI=1S/C13H27N3O2S/c1-2-12-5-7-13(11-14,8-6-12)15-19(17,18)16-9-3-4-10-16/h12,15H,2-11,14H2,1H3. The summed E-state index contributed by atoms with van der Waals surface area (Å²) >= 11 is 0. The lowest BCUT2D eigenvalue weighted by molar-refractivity contribution is 0.214. The van der Waals surface area contributed by atoms with Gasteiger partial charge in [0.1, 0.15) is 0 Å². The second-order valence-electron chi connectivity index (χ2n) is 6.05. The minimum absolute atomic E-state index is 0.399. The Bertz CT molecular complexity index is 383. The number of nitrogens with one attached hydrogen (secondary N) is 1. The van der Waals surface area contributed by atoms with Gasteiger partial charge in [0.15, 0.2) is 0 Å². The highest BCUT2D eigenvalue weighted by Gasteiger charge is 2.39. The molecule has 0 aromatic carbocycles. The largest absolute Gasteiger partial charge is 0.329 e. The fraction of sp³-hybridized carbons (Fsp3) is 1.00. The smallest absolute Gasteiger partial charge is 0.279 e. The van der Waals surface area contributed by atoms with E-state index in [1.165, 1.54) is 6.42 Å². The van der Waals surface area contributed by atoms with Crippen LogP contribution in [-0.2, 0) is 10.2 Å². The van der Waals surface area contributed by atoms with E-state index in [0.29, 0.717) is 19.6 Å². The zero-order chi connectivity index (χ0) is 13.9. The van der Waals surface area contributed by atoms with Crippen LogP contribution in [0.3, 0.4) is 0 Å². The Morgan fingerprint density at radius 2 is 1.84 bits per heavy atom. The molecule has 5 nitrogen and oxygen atoms in total. The van der Waals surface area contributed by atoms with Crippen molar-refractivity contribution in [2.24, 2.45) is 11.7 Å². The summed E-state index contributed by atoms with van der Waals surface area (Å²) in [7, 11) is -3.35. The van der Waals surface area contributed by atoms with Gasteiger partial charge in [0.25, 0.3) is 10.2 Å². The molecule has 0 unspecified atom stereocenters. The first-order chi connectivity index (χ1) is 9.01. The first kappa shape index (κ1) is 15.2. The first-order valence-electron chi connectivity index (χ1n) is 7.50. The van der Waals surface area contributed by atoms with Crippen LogP contribution in [0.25, 0.3) is 0 Å². The van der Waals surface area contributed by atoms with Crippen LogP contribution < -0.4 is 10.5 Å². The summed E-state index contributed by atoms with van der Waals surface area (Å²) in [5, 5.41) is 0. The van der Waals surface area contributed by atoms with E-state index in [4.69, 9.17) is 5.73 Å². The van der Waals surface area contributed by atoms with Crippen LogP contribution in [0.15, 0.2) is 0 Å². The van der Waals surface area contributed by atoms with Crippen LogP contribution >= 0.6 is 0 Å². The molecule has 1 aliphatic heterocycles. The number of hydrogen-bond donors (Lipinski definition) is 2. The topological polar surface area (TPSA) is 75.4 Å². The summed E-state index contributed by atoms with van der Waals surface area (Å²) in [6.45, 7) is 3.89. The van der Waals surface area contributed by atoms with Crippen molar-refractivity contribution in [2.75, 3.05) is 19.6 Å². The van der Waals surface area contributed by atoms with E-state index in [0.717, 1.165) is 44.4 Å². The molecular formula is C13H27N3O2S. The highest BCUT2D eigenvalue weighted by molar-refractivity contribution is 7.87. The van der Waals surface area contributed by atoms with Gasteiger partial charge in [-0.3, -0.25) is 0 Å². The second-order valence-corrected chi connectivity index (χ2v) is 7.72. The minimum Gasteiger partial charge on any atom is -0.329 e. The SMILES string of the molecule is CCC1CCC(CN)(NS(=O)(=O)N2CCCC2)CC1. The van der Waals surface area contributed by atoms with Crippen LogP contribution in [0.2, 0.25) is 0 Å². The molecule has 0 radical (unpaired) electrons. The maximum absolute atomic E-state index is 12.4. The molecule has 3 N–H and O–H groups in total. The quantitative estimate of drug-likeness (QED) is 0.799. The third kappa shape index (κ3) is 3.48. The summed E-state index contributed by atoms with van der Waals surface area (Å²) in [6, 6.07) is 0. The molecule has 1 saturated heterocycles. The number of nitrogens with zero attached hydrogens (tertiary/aromatic N) is 1. The molecule has 0 spiro atoms. The molecule has 2 rings (SSSR count). The monoisotopic (exact) mass is 289 g/mol. The minimum atomic E-state index is -3.35. The van der Waals surface area contributed by atoms with Crippen molar-refractivity contribution in [1.29, 1.82) is 0 Å². The molecule has 0 aromatic rings. The zero-order valence-corrected chi connectivity index (χ0v) is 12.7. The maximum Gasteiger partial charge on any atom is 0.279 e. The molecule has 19 heavy (non-hydrogen) atoms. The molecule has 0 amide bonds. The lowest BCUT2D eigenvalue weighted by Gasteiger charge is -2.40. The molecule has 0 aromatic heterocycles. The van der Waals surface area contributed by atoms with Crippen molar-refractivity contribution in [1.82, 2.24) is 9.03 Å². The number of hydrogen-bond acceptors (Lipinski definition) is 3. The van der Waals surface area contributed by atoms with Gasteiger partial charge in [-0.05, 0) is 44.4 Å². The summed E-state index contributed by atoms with van der Waals surface area (Å²) in [5.74, 6) is 0.732. The van der Waals surface area contributed by atoms with E-state index in [-0.39, 0.29) is 0 Å². The van der Waals surface area contributed by atoms with E-state index in [2.05, 4.69) is 11.6 Å². The Morgan fingerprint density at radius 3 is 2.32 bits per heavy atom. The van der Waals surface area contributed by atoms with Crippen LogP contribution in [0.4, 0.5) is 0 Å². The van der Waals surface area contributed by atoms with E-state index in [1.807, 2.05) is 0 Å². The molecule has 6 heteroatoms. The number of rotatable bonds is 5. The van der Waals surface area contributed by atoms with E-state index < -0.39 is 15.7 Å². The van der Waals surface area contributed by atoms with E-state index in [1.54, 1.807) is 4.31 Å². The lowest BCUT2D eigenvalue weighted by atomic mass is 9.76. The highest BCUT2D eigenvalue weighted by Crippen LogP contribution is 2.34. The fourth-order valence-electron chi connectivity index (χ4n) is 3.25. The Kier molecular flexibility index (Phi) is 4.87. The lowest BCUT2D eigenvalue weighted by Crippen LogP contribution is -2.58. The average molecular weight is 289 g/mol.